The van der Waals surface area contributed by atoms with Gasteiger partial charge in [0.25, 0.3) is 0 Å². The quantitative estimate of drug-likeness (QED) is 0.655. The van der Waals surface area contributed by atoms with Crippen LogP contribution in [0, 0.1) is 0 Å². The van der Waals surface area contributed by atoms with Crippen LogP contribution < -0.4 is 5.32 Å². The number of aliphatic hydroxyl groups is 1. The molecule has 0 fully saturated rings. The zero-order chi connectivity index (χ0) is 13.4. The van der Waals surface area contributed by atoms with Gasteiger partial charge in [-0.05, 0) is 20.0 Å². The SMILES string of the molecule is CCN(CC)CC(C)NCc1cn(CCO)nn1. The maximum Gasteiger partial charge on any atom is 0.0964 e. The summed E-state index contributed by atoms with van der Waals surface area (Å²) in [6, 6.07) is 0.424. The minimum Gasteiger partial charge on any atom is -0.394 e. The molecule has 104 valence electrons. The van der Waals surface area contributed by atoms with E-state index in [2.05, 4.69) is 41.3 Å². The van der Waals surface area contributed by atoms with Crippen molar-refractivity contribution in [1.29, 1.82) is 0 Å². The van der Waals surface area contributed by atoms with E-state index in [0.29, 0.717) is 19.1 Å². The van der Waals surface area contributed by atoms with Crippen LogP contribution >= 0.6 is 0 Å². The molecule has 0 bridgehead atoms. The third-order valence-corrected chi connectivity index (χ3v) is 2.97. The number of hydrogen-bond acceptors (Lipinski definition) is 5. The summed E-state index contributed by atoms with van der Waals surface area (Å²) in [5, 5.41) is 20.2. The minimum absolute atomic E-state index is 0.0919. The molecule has 1 atom stereocenters. The minimum atomic E-state index is 0.0919. The van der Waals surface area contributed by atoms with Crippen molar-refractivity contribution in [2.75, 3.05) is 26.2 Å². The van der Waals surface area contributed by atoms with Gasteiger partial charge in [-0.25, -0.2) is 4.68 Å². The Morgan fingerprint density at radius 1 is 1.44 bits per heavy atom. The highest BCUT2D eigenvalue weighted by Gasteiger charge is 2.07. The van der Waals surface area contributed by atoms with Crippen molar-refractivity contribution in [3.8, 4) is 0 Å². The number of nitrogens with zero attached hydrogens (tertiary/aromatic N) is 4. The fourth-order valence-corrected chi connectivity index (χ4v) is 1.84. The number of hydrogen-bond donors (Lipinski definition) is 2. The Kier molecular flexibility index (Phi) is 6.85. The summed E-state index contributed by atoms with van der Waals surface area (Å²) in [4.78, 5) is 2.39. The van der Waals surface area contributed by atoms with Crippen LogP contribution in [0.25, 0.3) is 0 Å². The van der Waals surface area contributed by atoms with Crippen molar-refractivity contribution in [2.45, 2.75) is 39.9 Å². The lowest BCUT2D eigenvalue weighted by molar-refractivity contribution is 0.268. The molecule has 0 aliphatic rings. The van der Waals surface area contributed by atoms with Gasteiger partial charge in [0.1, 0.15) is 0 Å². The largest absolute Gasteiger partial charge is 0.394 e. The maximum atomic E-state index is 8.79. The number of nitrogens with one attached hydrogen (secondary N) is 1. The number of aromatic nitrogens is 3. The Hall–Kier alpha value is -0.980. The topological polar surface area (TPSA) is 66.2 Å². The van der Waals surface area contributed by atoms with Crippen LogP contribution in [0.1, 0.15) is 26.5 Å². The molecule has 0 aliphatic heterocycles. The first-order chi connectivity index (χ1) is 8.69. The van der Waals surface area contributed by atoms with Crippen LogP contribution in [0.3, 0.4) is 0 Å². The Labute approximate surface area is 109 Å². The van der Waals surface area contributed by atoms with Crippen LogP contribution in [-0.2, 0) is 13.1 Å². The lowest BCUT2D eigenvalue weighted by Gasteiger charge is -2.23. The molecular weight excluding hydrogens is 230 g/mol. The molecule has 6 heteroatoms. The zero-order valence-corrected chi connectivity index (χ0v) is 11.6. The van der Waals surface area contributed by atoms with Gasteiger partial charge in [-0.3, -0.25) is 0 Å². The summed E-state index contributed by atoms with van der Waals surface area (Å²) in [5.41, 5.74) is 0.912. The van der Waals surface area contributed by atoms with Gasteiger partial charge >= 0.3 is 0 Å². The van der Waals surface area contributed by atoms with E-state index in [9.17, 15) is 0 Å². The van der Waals surface area contributed by atoms with E-state index < -0.39 is 0 Å². The zero-order valence-electron chi connectivity index (χ0n) is 11.6. The van der Waals surface area contributed by atoms with Crippen molar-refractivity contribution in [3.63, 3.8) is 0 Å². The predicted molar refractivity (Wildman–Crippen MR) is 71.2 cm³/mol. The van der Waals surface area contributed by atoms with E-state index in [0.717, 1.165) is 25.3 Å². The molecule has 2 N–H and O–H groups in total. The second kappa shape index (κ2) is 8.18. The van der Waals surface area contributed by atoms with Crippen molar-refractivity contribution < 1.29 is 5.11 Å². The highest BCUT2D eigenvalue weighted by atomic mass is 16.3. The summed E-state index contributed by atoms with van der Waals surface area (Å²) < 4.78 is 1.66. The van der Waals surface area contributed by atoms with Crippen molar-refractivity contribution >= 4 is 0 Å². The van der Waals surface area contributed by atoms with E-state index >= 15 is 0 Å². The molecule has 0 saturated heterocycles. The molecular formula is C12H25N5O. The molecule has 0 aromatic carbocycles. The molecule has 1 unspecified atom stereocenters. The standard InChI is InChI=1S/C12H25N5O/c1-4-16(5-2)9-11(3)13-8-12-10-17(6-7-18)15-14-12/h10-11,13,18H,4-9H2,1-3H3. The van der Waals surface area contributed by atoms with E-state index in [4.69, 9.17) is 5.11 Å². The second-order valence-electron chi connectivity index (χ2n) is 4.46. The Morgan fingerprint density at radius 2 is 2.17 bits per heavy atom. The molecule has 0 saturated carbocycles. The summed E-state index contributed by atoms with van der Waals surface area (Å²) in [5.74, 6) is 0. The first-order valence-corrected chi connectivity index (χ1v) is 6.65. The molecule has 0 spiro atoms. The van der Waals surface area contributed by atoms with Crippen LogP contribution in [0.2, 0.25) is 0 Å². The molecule has 18 heavy (non-hydrogen) atoms. The molecule has 1 heterocycles. The molecule has 1 aromatic rings. The monoisotopic (exact) mass is 255 g/mol. The third kappa shape index (κ3) is 5.12. The summed E-state index contributed by atoms with van der Waals surface area (Å²) in [7, 11) is 0. The van der Waals surface area contributed by atoms with Gasteiger partial charge in [0.2, 0.25) is 0 Å². The molecule has 1 aromatic heterocycles. The van der Waals surface area contributed by atoms with Crippen LogP contribution in [-0.4, -0.2) is 57.3 Å². The summed E-state index contributed by atoms with van der Waals surface area (Å²) >= 11 is 0. The summed E-state index contributed by atoms with van der Waals surface area (Å²) in [6.07, 6.45) is 1.87. The maximum absolute atomic E-state index is 8.79. The van der Waals surface area contributed by atoms with Gasteiger partial charge in [0, 0.05) is 25.3 Å². The van der Waals surface area contributed by atoms with Gasteiger partial charge in [0.05, 0.1) is 18.8 Å². The van der Waals surface area contributed by atoms with Gasteiger partial charge in [0.15, 0.2) is 0 Å². The van der Waals surface area contributed by atoms with E-state index in [1.54, 1.807) is 4.68 Å². The molecule has 0 radical (unpaired) electrons. The molecule has 0 aliphatic carbocycles. The highest BCUT2D eigenvalue weighted by Crippen LogP contribution is 1.96. The predicted octanol–water partition coefficient (Wildman–Crippen LogP) is 0.0903. The average Bonchev–Trinajstić information content (AvgIpc) is 2.82. The van der Waals surface area contributed by atoms with Crippen molar-refractivity contribution in [1.82, 2.24) is 25.2 Å². The van der Waals surface area contributed by atoms with Gasteiger partial charge in [-0.2, -0.15) is 0 Å². The molecule has 0 amide bonds. The summed E-state index contributed by atoms with van der Waals surface area (Å²) in [6.45, 7) is 11.0. The second-order valence-corrected chi connectivity index (χ2v) is 4.46. The Balaban J connectivity index is 2.30. The van der Waals surface area contributed by atoms with Gasteiger partial charge < -0.3 is 15.3 Å². The van der Waals surface area contributed by atoms with Crippen LogP contribution in [0.4, 0.5) is 0 Å². The van der Waals surface area contributed by atoms with Crippen molar-refractivity contribution in [2.24, 2.45) is 0 Å². The normalized spacial score (nSPS) is 13.2. The van der Waals surface area contributed by atoms with Gasteiger partial charge in [-0.1, -0.05) is 19.1 Å². The molecule has 6 nitrogen and oxygen atoms in total. The van der Waals surface area contributed by atoms with Gasteiger partial charge in [-0.15, -0.1) is 5.10 Å². The fraction of sp³-hybridized carbons (Fsp3) is 0.833. The molecule has 1 rings (SSSR count). The lowest BCUT2D eigenvalue weighted by Crippen LogP contribution is -2.38. The van der Waals surface area contributed by atoms with Crippen molar-refractivity contribution in [3.05, 3.63) is 11.9 Å². The fourth-order valence-electron chi connectivity index (χ4n) is 1.84. The van der Waals surface area contributed by atoms with Crippen LogP contribution in [0.5, 0.6) is 0 Å². The van der Waals surface area contributed by atoms with E-state index in [1.165, 1.54) is 0 Å². The third-order valence-electron chi connectivity index (χ3n) is 2.97. The first kappa shape index (κ1) is 15.1. The average molecular weight is 255 g/mol. The van der Waals surface area contributed by atoms with E-state index in [-0.39, 0.29) is 6.61 Å². The number of aliphatic hydroxyl groups excluding tert-OH is 1. The number of rotatable bonds is 9. The van der Waals surface area contributed by atoms with Crippen LogP contribution in [0.15, 0.2) is 6.20 Å². The first-order valence-electron chi connectivity index (χ1n) is 6.65. The Morgan fingerprint density at radius 3 is 2.78 bits per heavy atom. The number of likely N-dealkylation sites (N-methyl/N-ethyl adjacent to an activating group) is 1. The lowest BCUT2D eigenvalue weighted by atomic mass is 10.3. The Bertz CT molecular complexity index is 324. The smallest absolute Gasteiger partial charge is 0.0964 e. The van der Waals surface area contributed by atoms with E-state index in [1.807, 2.05) is 6.20 Å². The highest BCUT2D eigenvalue weighted by molar-refractivity contribution is 4.92.